The van der Waals surface area contributed by atoms with Crippen molar-refractivity contribution >= 4 is 15.9 Å². The van der Waals surface area contributed by atoms with Crippen molar-refractivity contribution in [3.63, 3.8) is 0 Å². The fourth-order valence-corrected chi connectivity index (χ4v) is 3.20. The van der Waals surface area contributed by atoms with Gasteiger partial charge in [0.1, 0.15) is 0 Å². The maximum absolute atomic E-state index is 6.28. The standard InChI is InChI=1S/C17H28BrN/c1-3-4-5-6-7-8-9-10-17(19)15-12-11-14(2)13-16(15)18/h11-13,17H,3-10,19H2,1-2H3. The average molecular weight is 326 g/mol. The van der Waals surface area contributed by atoms with Gasteiger partial charge in [-0.05, 0) is 30.5 Å². The Morgan fingerprint density at radius 2 is 1.68 bits per heavy atom. The number of hydrogen-bond donors (Lipinski definition) is 1. The lowest BCUT2D eigenvalue weighted by molar-refractivity contribution is 0.540. The van der Waals surface area contributed by atoms with Crippen LogP contribution in [0.3, 0.4) is 0 Å². The highest BCUT2D eigenvalue weighted by atomic mass is 79.9. The van der Waals surface area contributed by atoms with Gasteiger partial charge >= 0.3 is 0 Å². The fraction of sp³-hybridized carbons (Fsp3) is 0.647. The van der Waals surface area contributed by atoms with E-state index < -0.39 is 0 Å². The second kappa shape index (κ2) is 9.55. The Hall–Kier alpha value is -0.340. The first kappa shape index (κ1) is 16.7. The van der Waals surface area contributed by atoms with Crippen LogP contribution in [0.4, 0.5) is 0 Å². The van der Waals surface area contributed by atoms with E-state index in [-0.39, 0.29) is 6.04 Å². The van der Waals surface area contributed by atoms with Crippen molar-refractivity contribution in [3.05, 3.63) is 33.8 Å². The van der Waals surface area contributed by atoms with Gasteiger partial charge < -0.3 is 5.73 Å². The second-order valence-corrected chi connectivity index (χ2v) is 6.40. The first-order valence-electron chi connectivity index (χ1n) is 7.66. The van der Waals surface area contributed by atoms with Gasteiger partial charge in [0.25, 0.3) is 0 Å². The molecule has 0 aliphatic rings. The molecule has 0 fully saturated rings. The van der Waals surface area contributed by atoms with Crippen molar-refractivity contribution < 1.29 is 0 Å². The second-order valence-electron chi connectivity index (χ2n) is 5.54. The first-order chi connectivity index (χ1) is 9.15. The molecule has 1 nitrogen and oxygen atoms in total. The molecule has 0 aromatic heterocycles. The van der Waals surface area contributed by atoms with E-state index in [0.29, 0.717) is 0 Å². The molecule has 1 unspecified atom stereocenters. The highest BCUT2D eigenvalue weighted by Crippen LogP contribution is 2.26. The molecule has 0 saturated carbocycles. The van der Waals surface area contributed by atoms with E-state index in [2.05, 4.69) is 48.0 Å². The van der Waals surface area contributed by atoms with Crippen LogP contribution in [-0.4, -0.2) is 0 Å². The topological polar surface area (TPSA) is 26.0 Å². The van der Waals surface area contributed by atoms with E-state index in [4.69, 9.17) is 5.73 Å². The van der Waals surface area contributed by atoms with Gasteiger partial charge in [-0.2, -0.15) is 0 Å². The lowest BCUT2D eigenvalue weighted by Gasteiger charge is -2.14. The zero-order valence-electron chi connectivity index (χ0n) is 12.4. The van der Waals surface area contributed by atoms with Crippen LogP contribution in [0, 0.1) is 6.92 Å². The molecule has 1 aromatic rings. The predicted molar refractivity (Wildman–Crippen MR) is 88.4 cm³/mol. The van der Waals surface area contributed by atoms with Gasteiger partial charge in [-0.25, -0.2) is 0 Å². The summed E-state index contributed by atoms with van der Waals surface area (Å²) in [7, 11) is 0. The smallest absolute Gasteiger partial charge is 0.0306 e. The summed E-state index contributed by atoms with van der Waals surface area (Å²) >= 11 is 3.62. The number of hydrogen-bond acceptors (Lipinski definition) is 1. The minimum Gasteiger partial charge on any atom is -0.324 e. The van der Waals surface area contributed by atoms with Gasteiger partial charge in [0.05, 0.1) is 0 Å². The Kier molecular flexibility index (Phi) is 8.40. The van der Waals surface area contributed by atoms with Crippen molar-refractivity contribution in [2.24, 2.45) is 5.73 Å². The maximum Gasteiger partial charge on any atom is 0.0306 e. The average Bonchev–Trinajstić information content (AvgIpc) is 2.37. The summed E-state index contributed by atoms with van der Waals surface area (Å²) in [5.41, 5.74) is 8.80. The maximum atomic E-state index is 6.28. The van der Waals surface area contributed by atoms with Gasteiger partial charge in [0.15, 0.2) is 0 Å². The van der Waals surface area contributed by atoms with Crippen molar-refractivity contribution in [1.82, 2.24) is 0 Å². The zero-order valence-corrected chi connectivity index (χ0v) is 14.0. The monoisotopic (exact) mass is 325 g/mol. The molecule has 1 atom stereocenters. The van der Waals surface area contributed by atoms with E-state index in [1.54, 1.807) is 0 Å². The molecule has 0 spiro atoms. The Morgan fingerprint density at radius 3 is 2.32 bits per heavy atom. The molecular formula is C17H28BrN. The lowest BCUT2D eigenvalue weighted by Crippen LogP contribution is -2.10. The number of benzene rings is 1. The number of unbranched alkanes of at least 4 members (excludes halogenated alkanes) is 6. The zero-order chi connectivity index (χ0) is 14.1. The summed E-state index contributed by atoms with van der Waals surface area (Å²) in [5, 5.41) is 0. The van der Waals surface area contributed by atoms with Crippen LogP contribution in [0.25, 0.3) is 0 Å². The molecule has 0 radical (unpaired) electrons. The Morgan fingerprint density at radius 1 is 1.05 bits per heavy atom. The molecule has 1 aromatic carbocycles. The van der Waals surface area contributed by atoms with Crippen molar-refractivity contribution in [1.29, 1.82) is 0 Å². The summed E-state index contributed by atoms with van der Waals surface area (Å²) in [6.07, 6.45) is 10.5. The highest BCUT2D eigenvalue weighted by Gasteiger charge is 2.09. The minimum atomic E-state index is 0.172. The third kappa shape index (κ3) is 6.58. The van der Waals surface area contributed by atoms with Crippen molar-refractivity contribution in [2.75, 3.05) is 0 Å². The molecule has 2 N–H and O–H groups in total. The number of aryl methyl sites for hydroxylation is 1. The van der Waals surface area contributed by atoms with E-state index in [1.165, 1.54) is 56.1 Å². The van der Waals surface area contributed by atoms with Crippen LogP contribution < -0.4 is 5.73 Å². The molecule has 2 heteroatoms. The number of nitrogens with two attached hydrogens (primary N) is 1. The molecule has 0 bridgehead atoms. The van der Waals surface area contributed by atoms with E-state index in [1.807, 2.05) is 0 Å². The molecule has 1 rings (SSSR count). The van der Waals surface area contributed by atoms with Gasteiger partial charge in [-0.15, -0.1) is 0 Å². The van der Waals surface area contributed by atoms with Gasteiger partial charge in [0, 0.05) is 10.5 Å². The SMILES string of the molecule is CCCCCCCCCC(N)c1ccc(C)cc1Br. The van der Waals surface area contributed by atoms with E-state index in [9.17, 15) is 0 Å². The molecule has 0 aliphatic carbocycles. The van der Waals surface area contributed by atoms with Gasteiger partial charge in [-0.3, -0.25) is 0 Å². The summed E-state index contributed by atoms with van der Waals surface area (Å²) in [4.78, 5) is 0. The molecule has 0 heterocycles. The van der Waals surface area contributed by atoms with Crippen molar-refractivity contribution in [3.8, 4) is 0 Å². The number of rotatable bonds is 9. The van der Waals surface area contributed by atoms with Crippen LogP contribution in [0.1, 0.15) is 75.5 Å². The summed E-state index contributed by atoms with van der Waals surface area (Å²) in [6.45, 7) is 4.37. The van der Waals surface area contributed by atoms with E-state index in [0.717, 1.165) is 10.9 Å². The molecule has 0 aliphatic heterocycles. The largest absolute Gasteiger partial charge is 0.324 e. The Balaban J connectivity index is 2.22. The van der Waals surface area contributed by atoms with Crippen LogP contribution >= 0.6 is 15.9 Å². The van der Waals surface area contributed by atoms with Gasteiger partial charge in [0.2, 0.25) is 0 Å². The third-order valence-corrected chi connectivity index (χ3v) is 4.36. The summed E-state index contributed by atoms with van der Waals surface area (Å²) < 4.78 is 1.16. The minimum absolute atomic E-state index is 0.172. The summed E-state index contributed by atoms with van der Waals surface area (Å²) in [5.74, 6) is 0. The first-order valence-corrected chi connectivity index (χ1v) is 8.46. The van der Waals surface area contributed by atoms with Crippen LogP contribution in [-0.2, 0) is 0 Å². The summed E-state index contributed by atoms with van der Waals surface area (Å²) in [6, 6.07) is 6.63. The van der Waals surface area contributed by atoms with Crippen molar-refractivity contribution in [2.45, 2.75) is 71.3 Å². The van der Waals surface area contributed by atoms with Gasteiger partial charge in [-0.1, -0.05) is 79.9 Å². The van der Waals surface area contributed by atoms with E-state index >= 15 is 0 Å². The molecule has 108 valence electrons. The fourth-order valence-electron chi connectivity index (χ4n) is 2.41. The lowest BCUT2D eigenvalue weighted by atomic mass is 9.99. The Labute approximate surface area is 127 Å². The van der Waals surface area contributed by atoms with Crippen LogP contribution in [0.2, 0.25) is 0 Å². The number of halogens is 1. The third-order valence-electron chi connectivity index (χ3n) is 3.67. The van der Waals surface area contributed by atoms with Crippen LogP contribution in [0.15, 0.2) is 22.7 Å². The predicted octanol–water partition coefficient (Wildman–Crippen LogP) is 5.90. The quantitative estimate of drug-likeness (QED) is 0.562. The normalized spacial score (nSPS) is 12.6. The molecule has 19 heavy (non-hydrogen) atoms. The Bertz CT molecular complexity index is 362. The van der Waals surface area contributed by atoms with Crippen LogP contribution in [0.5, 0.6) is 0 Å². The molecule has 0 saturated heterocycles. The molecular weight excluding hydrogens is 298 g/mol. The molecule has 0 amide bonds. The highest BCUT2D eigenvalue weighted by molar-refractivity contribution is 9.10.